The molecule has 0 aromatic carbocycles. The second kappa shape index (κ2) is 6.58. The normalized spacial score (nSPS) is 26.6. The molecule has 2 atom stereocenters. The van der Waals surface area contributed by atoms with E-state index in [1.165, 1.54) is 25.7 Å². The summed E-state index contributed by atoms with van der Waals surface area (Å²) in [4.78, 5) is 2.49. The Hall–Kier alpha value is -0.120. The molecule has 1 fully saturated rings. The molecule has 1 aliphatic heterocycles. The van der Waals surface area contributed by atoms with Crippen LogP contribution in [0.2, 0.25) is 0 Å². The topological polar surface area (TPSA) is 35.5 Å². The van der Waals surface area contributed by atoms with Crippen LogP contribution in [0.1, 0.15) is 46.0 Å². The third kappa shape index (κ3) is 4.40. The van der Waals surface area contributed by atoms with Gasteiger partial charge in [0.15, 0.2) is 0 Å². The van der Waals surface area contributed by atoms with E-state index in [0.29, 0.717) is 6.04 Å². The molecule has 0 amide bonds. The number of rotatable bonds is 6. The molecule has 0 aromatic rings. The fourth-order valence-electron chi connectivity index (χ4n) is 2.46. The fraction of sp³-hybridized carbons (Fsp3) is 1.00. The quantitative estimate of drug-likeness (QED) is 0.725. The van der Waals surface area contributed by atoms with E-state index in [9.17, 15) is 5.11 Å². The first-order chi connectivity index (χ1) is 7.59. The Labute approximate surface area is 100 Å². The number of β-amino-alcohol motifs (C(OH)–C–C–N with tert-alkyl or cyclic N) is 1. The SMILES string of the molecule is CCC(C)(O)CN1CCCCC1CCNC. The minimum Gasteiger partial charge on any atom is -0.389 e. The van der Waals surface area contributed by atoms with Gasteiger partial charge >= 0.3 is 0 Å². The van der Waals surface area contributed by atoms with Crippen LogP contribution < -0.4 is 5.32 Å². The lowest BCUT2D eigenvalue weighted by Crippen LogP contribution is -2.48. The second-order valence-corrected chi connectivity index (χ2v) is 5.36. The second-order valence-electron chi connectivity index (χ2n) is 5.36. The number of nitrogens with zero attached hydrogens (tertiary/aromatic N) is 1. The number of piperidine rings is 1. The van der Waals surface area contributed by atoms with Crippen molar-refractivity contribution in [3.05, 3.63) is 0 Å². The summed E-state index contributed by atoms with van der Waals surface area (Å²) in [6, 6.07) is 0.666. The van der Waals surface area contributed by atoms with Crippen molar-refractivity contribution >= 4 is 0 Å². The first kappa shape index (κ1) is 13.9. The molecule has 0 bridgehead atoms. The zero-order chi connectivity index (χ0) is 12.0. The molecule has 0 aromatic heterocycles. The van der Waals surface area contributed by atoms with Gasteiger partial charge in [-0.25, -0.2) is 0 Å². The van der Waals surface area contributed by atoms with Gasteiger partial charge in [0, 0.05) is 12.6 Å². The van der Waals surface area contributed by atoms with E-state index < -0.39 is 5.60 Å². The third-order valence-electron chi connectivity index (χ3n) is 3.78. The maximum atomic E-state index is 10.2. The van der Waals surface area contributed by atoms with E-state index in [4.69, 9.17) is 0 Å². The first-order valence-electron chi connectivity index (χ1n) is 6.70. The highest BCUT2D eigenvalue weighted by atomic mass is 16.3. The Morgan fingerprint density at radius 2 is 2.19 bits per heavy atom. The van der Waals surface area contributed by atoms with Gasteiger partial charge in [0.25, 0.3) is 0 Å². The van der Waals surface area contributed by atoms with Gasteiger partial charge in [-0.1, -0.05) is 13.3 Å². The summed E-state index contributed by atoms with van der Waals surface area (Å²) in [7, 11) is 2.01. The van der Waals surface area contributed by atoms with Crippen LogP contribution in [0.15, 0.2) is 0 Å². The van der Waals surface area contributed by atoms with Gasteiger partial charge in [0.05, 0.1) is 5.60 Å². The zero-order valence-corrected chi connectivity index (χ0v) is 11.1. The molecular formula is C13H28N2O. The molecule has 0 radical (unpaired) electrons. The van der Waals surface area contributed by atoms with Crippen molar-refractivity contribution in [2.75, 3.05) is 26.7 Å². The van der Waals surface area contributed by atoms with Crippen LogP contribution in [0, 0.1) is 0 Å². The number of nitrogens with one attached hydrogen (secondary N) is 1. The maximum absolute atomic E-state index is 10.2. The maximum Gasteiger partial charge on any atom is 0.0743 e. The molecule has 0 aliphatic carbocycles. The Balaban J connectivity index is 2.46. The molecule has 3 heteroatoms. The van der Waals surface area contributed by atoms with E-state index in [1.807, 2.05) is 14.0 Å². The molecule has 2 N–H and O–H groups in total. The Morgan fingerprint density at radius 3 is 2.81 bits per heavy atom. The van der Waals surface area contributed by atoms with Gasteiger partial charge in [-0.05, 0) is 52.7 Å². The van der Waals surface area contributed by atoms with Crippen LogP contribution in [-0.2, 0) is 0 Å². The summed E-state index contributed by atoms with van der Waals surface area (Å²) in [5.74, 6) is 0. The molecule has 1 rings (SSSR count). The average molecular weight is 228 g/mol. The summed E-state index contributed by atoms with van der Waals surface area (Å²) in [5, 5.41) is 13.4. The van der Waals surface area contributed by atoms with E-state index in [2.05, 4.69) is 17.1 Å². The van der Waals surface area contributed by atoms with Crippen LogP contribution >= 0.6 is 0 Å². The standard InChI is InChI=1S/C13H28N2O/c1-4-13(2,16)11-15-10-6-5-7-12(15)8-9-14-3/h12,14,16H,4-11H2,1-3H3. The molecular weight excluding hydrogens is 200 g/mol. The number of likely N-dealkylation sites (tertiary alicyclic amines) is 1. The molecule has 96 valence electrons. The fourth-order valence-corrected chi connectivity index (χ4v) is 2.46. The molecule has 3 nitrogen and oxygen atoms in total. The van der Waals surface area contributed by atoms with Gasteiger partial charge in [-0.2, -0.15) is 0 Å². The van der Waals surface area contributed by atoms with Gasteiger partial charge in [0.1, 0.15) is 0 Å². The predicted octanol–water partition coefficient (Wildman–Crippen LogP) is 1.61. The average Bonchev–Trinajstić information content (AvgIpc) is 2.27. The van der Waals surface area contributed by atoms with Crippen molar-refractivity contribution in [1.29, 1.82) is 0 Å². The highest BCUT2D eigenvalue weighted by molar-refractivity contribution is 4.83. The molecule has 1 saturated heterocycles. The van der Waals surface area contributed by atoms with Gasteiger partial charge < -0.3 is 10.4 Å². The Kier molecular flexibility index (Phi) is 5.73. The summed E-state index contributed by atoms with van der Waals surface area (Å²) >= 11 is 0. The van der Waals surface area contributed by atoms with Crippen molar-refractivity contribution in [3.8, 4) is 0 Å². The highest BCUT2D eigenvalue weighted by Gasteiger charge is 2.28. The Bertz CT molecular complexity index is 194. The lowest BCUT2D eigenvalue weighted by molar-refractivity contribution is -0.00742. The van der Waals surface area contributed by atoms with Gasteiger partial charge in [-0.15, -0.1) is 0 Å². The summed E-state index contributed by atoms with van der Waals surface area (Å²) in [6.07, 6.45) is 5.97. The van der Waals surface area contributed by atoms with Crippen LogP contribution in [0.4, 0.5) is 0 Å². The van der Waals surface area contributed by atoms with Crippen molar-refractivity contribution in [3.63, 3.8) is 0 Å². The van der Waals surface area contributed by atoms with Crippen LogP contribution in [0.25, 0.3) is 0 Å². The molecule has 0 saturated carbocycles. The third-order valence-corrected chi connectivity index (χ3v) is 3.78. The lowest BCUT2D eigenvalue weighted by Gasteiger charge is -2.39. The van der Waals surface area contributed by atoms with Crippen LogP contribution in [0.3, 0.4) is 0 Å². The zero-order valence-electron chi connectivity index (χ0n) is 11.1. The Morgan fingerprint density at radius 1 is 1.44 bits per heavy atom. The summed E-state index contributed by atoms with van der Waals surface area (Å²) < 4.78 is 0. The van der Waals surface area contributed by atoms with Crippen molar-refractivity contribution in [2.45, 2.75) is 57.6 Å². The van der Waals surface area contributed by atoms with E-state index >= 15 is 0 Å². The van der Waals surface area contributed by atoms with Gasteiger partial charge in [-0.3, -0.25) is 4.90 Å². The number of hydrogen-bond acceptors (Lipinski definition) is 3. The minimum atomic E-state index is -0.519. The van der Waals surface area contributed by atoms with Crippen molar-refractivity contribution in [2.24, 2.45) is 0 Å². The molecule has 1 aliphatic rings. The van der Waals surface area contributed by atoms with Crippen LogP contribution in [0.5, 0.6) is 0 Å². The predicted molar refractivity (Wildman–Crippen MR) is 68.7 cm³/mol. The largest absolute Gasteiger partial charge is 0.389 e. The number of aliphatic hydroxyl groups is 1. The number of hydrogen-bond donors (Lipinski definition) is 2. The minimum absolute atomic E-state index is 0.519. The molecule has 1 heterocycles. The molecule has 2 unspecified atom stereocenters. The van der Waals surface area contributed by atoms with Crippen molar-refractivity contribution in [1.82, 2.24) is 10.2 Å². The summed E-state index contributed by atoms with van der Waals surface area (Å²) in [5.41, 5.74) is -0.519. The molecule has 0 spiro atoms. The smallest absolute Gasteiger partial charge is 0.0743 e. The van der Waals surface area contributed by atoms with E-state index in [1.54, 1.807) is 0 Å². The first-order valence-corrected chi connectivity index (χ1v) is 6.70. The highest BCUT2D eigenvalue weighted by Crippen LogP contribution is 2.22. The van der Waals surface area contributed by atoms with Crippen molar-refractivity contribution < 1.29 is 5.11 Å². The summed E-state index contributed by atoms with van der Waals surface area (Å²) in [6.45, 7) is 7.08. The van der Waals surface area contributed by atoms with E-state index in [0.717, 1.165) is 26.1 Å². The van der Waals surface area contributed by atoms with Gasteiger partial charge in [0.2, 0.25) is 0 Å². The lowest BCUT2D eigenvalue weighted by atomic mass is 9.95. The van der Waals surface area contributed by atoms with E-state index in [-0.39, 0.29) is 0 Å². The van der Waals surface area contributed by atoms with Crippen LogP contribution in [-0.4, -0.2) is 48.3 Å². The molecule has 16 heavy (non-hydrogen) atoms. The monoisotopic (exact) mass is 228 g/mol.